The van der Waals surface area contributed by atoms with Gasteiger partial charge in [0.2, 0.25) is 0 Å². The van der Waals surface area contributed by atoms with Crippen molar-refractivity contribution in [3.8, 4) is 11.4 Å². The van der Waals surface area contributed by atoms with E-state index in [1.165, 1.54) is 62.5 Å². The lowest BCUT2D eigenvalue weighted by atomic mass is 9.70. The maximum atomic E-state index is 13.3. The smallest absolute Gasteiger partial charge is 0.310 e. The van der Waals surface area contributed by atoms with Gasteiger partial charge in [-0.05, 0) is 91.0 Å². The number of aromatic nitrogens is 2. The average molecular weight is 675 g/mol. The van der Waals surface area contributed by atoms with Gasteiger partial charge in [-0.1, -0.05) is 95.5 Å². The summed E-state index contributed by atoms with van der Waals surface area (Å²) in [6.45, 7) is 11.7. The second kappa shape index (κ2) is 16.2. The topological polar surface area (TPSA) is 95.4 Å². The molecule has 2 aliphatic carbocycles. The zero-order valence-electron chi connectivity index (χ0n) is 30.1. The van der Waals surface area contributed by atoms with Crippen molar-refractivity contribution in [3.05, 3.63) is 102 Å². The van der Waals surface area contributed by atoms with E-state index in [0.29, 0.717) is 36.8 Å². The third-order valence-corrected chi connectivity index (χ3v) is 11.6. The van der Waals surface area contributed by atoms with Crippen LogP contribution in [-0.2, 0) is 11.2 Å². The Morgan fingerprint density at radius 1 is 0.920 bits per heavy atom. The van der Waals surface area contributed by atoms with Crippen LogP contribution in [0.25, 0.3) is 17.0 Å². The number of hydrogen-bond acceptors (Lipinski definition) is 5. The molecule has 7 heteroatoms. The molecule has 1 amide bonds. The van der Waals surface area contributed by atoms with Gasteiger partial charge >= 0.3 is 5.97 Å². The van der Waals surface area contributed by atoms with Crippen LogP contribution in [0.4, 0.5) is 0 Å². The van der Waals surface area contributed by atoms with Crippen LogP contribution in [0.1, 0.15) is 112 Å². The number of aliphatic carboxylic acids is 1. The van der Waals surface area contributed by atoms with E-state index in [9.17, 15) is 14.7 Å². The number of carboxylic acid groups (broad SMARTS) is 1. The second-order valence-corrected chi connectivity index (χ2v) is 15.3. The average Bonchev–Trinajstić information content (AvgIpc) is 3.11. The highest BCUT2D eigenvalue weighted by atomic mass is 16.4. The number of benzene rings is 2. The SMILES string of the molecule is C=C([C@H](Cc1ccc(-c2ncc(C3=CCC(C4CCC(CCC)CC4)CC3)cn2)cc1)NC(=O)c1ccc(C(C)C)cc1)N1CC(C(=O)O)C1. The molecular weight excluding hydrogens is 620 g/mol. The molecule has 3 aliphatic rings. The monoisotopic (exact) mass is 674 g/mol. The Bertz CT molecular complexity index is 1650. The molecule has 1 aliphatic heterocycles. The molecule has 50 heavy (non-hydrogen) atoms. The summed E-state index contributed by atoms with van der Waals surface area (Å²) < 4.78 is 0. The fraction of sp³-hybridized carbons (Fsp3) is 0.488. The van der Waals surface area contributed by atoms with Gasteiger partial charge in [0.15, 0.2) is 5.82 Å². The predicted molar refractivity (Wildman–Crippen MR) is 200 cm³/mol. The van der Waals surface area contributed by atoms with Crippen molar-refractivity contribution in [1.82, 2.24) is 20.2 Å². The lowest BCUT2D eigenvalue weighted by Crippen LogP contribution is -2.53. The van der Waals surface area contributed by atoms with Crippen molar-refractivity contribution in [2.75, 3.05) is 13.1 Å². The molecule has 6 rings (SSSR count). The lowest BCUT2D eigenvalue weighted by molar-refractivity contribution is -0.146. The highest BCUT2D eigenvalue weighted by Gasteiger charge is 2.36. The molecule has 0 bridgehead atoms. The van der Waals surface area contributed by atoms with E-state index in [4.69, 9.17) is 9.97 Å². The molecule has 1 aromatic heterocycles. The van der Waals surface area contributed by atoms with Crippen LogP contribution in [0.2, 0.25) is 0 Å². The third-order valence-electron chi connectivity index (χ3n) is 11.6. The maximum Gasteiger partial charge on any atom is 0.310 e. The van der Waals surface area contributed by atoms with E-state index in [2.05, 4.69) is 38.7 Å². The summed E-state index contributed by atoms with van der Waals surface area (Å²) in [6, 6.07) is 15.5. The first kappa shape index (κ1) is 35.6. The summed E-state index contributed by atoms with van der Waals surface area (Å²) in [7, 11) is 0. The first-order valence-electron chi connectivity index (χ1n) is 18.9. The number of allylic oxidation sites excluding steroid dienone is 2. The standard InChI is InChI=1S/C43H54N4O3/c1-5-6-30-7-11-33(12-8-30)34-17-19-35(20-18-34)38-24-44-41(45-25-38)36-13-9-31(10-14-36)23-40(29(4)47-26-39(27-47)43(49)50)46-42(48)37-21-15-32(16-22-37)28(2)3/h9-10,13-16,19,21-22,24-25,28,30,33-34,39-40H,4-8,11-12,17-18,20,23,26-27H2,1-3H3,(H,46,48)(H,49,50)/t30?,33?,34?,40-/m0/s1. The van der Waals surface area contributed by atoms with Crippen molar-refractivity contribution in [2.45, 2.75) is 96.9 Å². The Kier molecular flexibility index (Phi) is 11.5. The number of carbonyl (C=O) groups excluding carboxylic acids is 1. The number of likely N-dealkylation sites (tertiary alicyclic amines) is 1. The van der Waals surface area contributed by atoms with E-state index in [1.54, 1.807) is 0 Å². The number of hydrogen-bond donors (Lipinski definition) is 2. The molecule has 1 unspecified atom stereocenters. The number of nitrogens with zero attached hydrogens (tertiary/aromatic N) is 3. The Labute approximate surface area is 298 Å². The molecule has 2 fully saturated rings. The third kappa shape index (κ3) is 8.54. The normalized spacial score (nSPS) is 21.6. The van der Waals surface area contributed by atoms with Gasteiger partial charge in [0, 0.05) is 47.9 Å². The second-order valence-electron chi connectivity index (χ2n) is 15.3. The number of carboxylic acids is 1. The van der Waals surface area contributed by atoms with Crippen molar-refractivity contribution < 1.29 is 14.7 Å². The van der Waals surface area contributed by atoms with Crippen LogP contribution >= 0.6 is 0 Å². The van der Waals surface area contributed by atoms with Gasteiger partial charge in [-0.2, -0.15) is 0 Å². The largest absolute Gasteiger partial charge is 0.481 e. The first-order valence-corrected chi connectivity index (χ1v) is 18.9. The summed E-state index contributed by atoms with van der Waals surface area (Å²) >= 11 is 0. The number of rotatable bonds is 13. The van der Waals surface area contributed by atoms with E-state index < -0.39 is 11.9 Å². The van der Waals surface area contributed by atoms with Crippen LogP contribution in [0.3, 0.4) is 0 Å². The van der Waals surface area contributed by atoms with Crippen LogP contribution < -0.4 is 5.32 Å². The quantitative estimate of drug-likeness (QED) is 0.188. The molecule has 2 N–H and O–H groups in total. The molecule has 7 nitrogen and oxygen atoms in total. The van der Waals surface area contributed by atoms with Gasteiger partial charge in [-0.15, -0.1) is 0 Å². The fourth-order valence-electron chi connectivity index (χ4n) is 8.17. The van der Waals surface area contributed by atoms with E-state index >= 15 is 0 Å². The minimum absolute atomic E-state index is 0.176. The maximum absolute atomic E-state index is 13.3. The summed E-state index contributed by atoms with van der Waals surface area (Å²) in [5.41, 5.74) is 6.96. The van der Waals surface area contributed by atoms with Gasteiger partial charge in [0.1, 0.15) is 0 Å². The Morgan fingerprint density at radius 3 is 2.18 bits per heavy atom. The summed E-state index contributed by atoms with van der Waals surface area (Å²) in [5, 5.41) is 12.6. The van der Waals surface area contributed by atoms with Crippen LogP contribution in [-0.4, -0.2) is 51.0 Å². The van der Waals surface area contributed by atoms with Gasteiger partial charge < -0.3 is 15.3 Å². The molecule has 2 atom stereocenters. The first-order chi connectivity index (χ1) is 24.2. The van der Waals surface area contributed by atoms with Crippen molar-refractivity contribution >= 4 is 17.4 Å². The highest BCUT2D eigenvalue weighted by Crippen LogP contribution is 2.42. The molecule has 0 spiro atoms. The molecule has 264 valence electrons. The molecular formula is C43H54N4O3. The van der Waals surface area contributed by atoms with Crippen molar-refractivity contribution in [3.63, 3.8) is 0 Å². The summed E-state index contributed by atoms with van der Waals surface area (Å²) in [6.07, 6.45) is 18.9. The van der Waals surface area contributed by atoms with Gasteiger partial charge in [0.05, 0.1) is 12.0 Å². The fourth-order valence-corrected chi connectivity index (χ4v) is 8.17. The van der Waals surface area contributed by atoms with E-state index in [0.717, 1.165) is 46.6 Å². The van der Waals surface area contributed by atoms with Gasteiger partial charge in [0.25, 0.3) is 5.91 Å². The Balaban J connectivity index is 1.08. The van der Waals surface area contributed by atoms with Crippen LogP contribution in [0.15, 0.2) is 79.3 Å². The van der Waals surface area contributed by atoms with Crippen LogP contribution in [0, 0.1) is 23.7 Å². The Morgan fingerprint density at radius 2 is 1.60 bits per heavy atom. The summed E-state index contributed by atoms with van der Waals surface area (Å²) in [5.74, 6) is 2.37. The molecule has 1 saturated carbocycles. The summed E-state index contributed by atoms with van der Waals surface area (Å²) in [4.78, 5) is 36.3. The van der Waals surface area contributed by atoms with E-state index in [-0.39, 0.29) is 11.9 Å². The Hall–Kier alpha value is -4.26. The predicted octanol–water partition coefficient (Wildman–Crippen LogP) is 8.93. The zero-order valence-corrected chi connectivity index (χ0v) is 30.1. The molecule has 2 aromatic carbocycles. The lowest BCUT2D eigenvalue weighted by Gasteiger charge is -2.42. The van der Waals surface area contributed by atoms with E-state index in [1.807, 2.05) is 65.8 Å². The molecule has 3 aromatic rings. The number of carbonyl (C=O) groups is 2. The minimum atomic E-state index is -0.801. The highest BCUT2D eigenvalue weighted by molar-refractivity contribution is 5.94. The van der Waals surface area contributed by atoms with Gasteiger partial charge in [-0.3, -0.25) is 9.59 Å². The zero-order chi connectivity index (χ0) is 35.2. The molecule has 0 radical (unpaired) electrons. The number of nitrogens with one attached hydrogen (secondary N) is 1. The van der Waals surface area contributed by atoms with Crippen molar-refractivity contribution in [1.29, 1.82) is 0 Å². The van der Waals surface area contributed by atoms with Crippen LogP contribution in [0.5, 0.6) is 0 Å². The minimum Gasteiger partial charge on any atom is -0.481 e. The van der Waals surface area contributed by atoms with Gasteiger partial charge in [-0.25, -0.2) is 9.97 Å². The number of amides is 1. The molecule has 2 heterocycles. The molecule has 1 saturated heterocycles. The van der Waals surface area contributed by atoms with Crippen molar-refractivity contribution in [2.24, 2.45) is 23.7 Å².